The van der Waals surface area contributed by atoms with Crippen LogP contribution >= 0.6 is 0 Å². The quantitative estimate of drug-likeness (QED) is 0.509. The number of fused-ring (bicyclic) bond motifs is 5. The summed E-state index contributed by atoms with van der Waals surface area (Å²) in [7, 11) is 0. The van der Waals surface area contributed by atoms with Gasteiger partial charge in [-0.1, -0.05) is 90.1 Å². The largest absolute Gasteiger partial charge is 0.149 e. The zero-order chi connectivity index (χ0) is 15.5. The summed E-state index contributed by atoms with van der Waals surface area (Å²) >= 11 is 0. The second-order valence-electron chi connectivity index (χ2n) is 10.5. The van der Waals surface area contributed by atoms with Crippen LogP contribution < -0.4 is 0 Å². The predicted molar refractivity (Wildman–Crippen MR) is 97.6 cm³/mol. The minimum atomic E-state index is 0.667. The standard InChI is InChI=1S/C21H37B/c1-14(2)11-18-19-12-15(21(19,3)4)13-20(18)22-16-7-5-8-17(22)10-6-9-16/h14-20H,5-13H2,1-4H3/t15-,16?,17?,18?,19+,20+/m0/s1. The van der Waals surface area contributed by atoms with Crippen molar-refractivity contribution in [2.45, 2.75) is 103 Å². The molecule has 0 aromatic carbocycles. The number of hydrogen-bond donors (Lipinski definition) is 0. The van der Waals surface area contributed by atoms with Crippen LogP contribution in [0.4, 0.5) is 0 Å². The lowest BCUT2D eigenvalue weighted by molar-refractivity contribution is -0.110. The molecular formula is C21H37B. The molecule has 3 aliphatic carbocycles. The van der Waals surface area contributed by atoms with Crippen LogP contribution in [0.2, 0.25) is 17.5 Å². The summed E-state index contributed by atoms with van der Waals surface area (Å²) < 4.78 is 0. The molecule has 0 nitrogen and oxygen atoms in total. The van der Waals surface area contributed by atoms with Crippen molar-refractivity contribution in [3.8, 4) is 0 Å². The van der Waals surface area contributed by atoms with Crippen molar-refractivity contribution in [2.24, 2.45) is 29.1 Å². The number of rotatable bonds is 3. The van der Waals surface area contributed by atoms with Gasteiger partial charge in [0.2, 0.25) is 0 Å². The molecule has 1 heteroatoms. The Bertz CT molecular complexity index is 390. The first-order valence-electron chi connectivity index (χ1n) is 10.5. The van der Waals surface area contributed by atoms with Gasteiger partial charge in [0.15, 0.2) is 0 Å². The van der Waals surface area contributed by atoms with Gasteiger partial charge in [-0.15, -0.1) is 0 Å². The fraction of sp³-hybridized carbons (Fsp3) is 1.00. The fourth-order valence-corrected chi connectivity index (χ4v) is 7.74. The normalized spacial score (nSPS) is 46.5. The molecule has 3 saturated carbocycles. The Morgan fingerprint density at radius 1 is 0.955 bits per heavy atom. The highest BCUT2D eigenvalue weighted by Gasteiger charge is 2.60. The van der Waals surface area contributed by atoms with Crippen molar-refractivity contribution in [2.75, 3.05) is 0 Å². The second kappa shape index (κ2) is 5.56. The van der Waals surface area contributed by atoms with Crippen molar-refractivity contribution < 1.29 is 0 Å². The van der Waals surface area contributed by atoms with E-state index in [1.807, 2.05) is 0 Å². The van der Waals surface area contributed by atoms with Gasteiger partial charge in [0.1, 0.15) is 6.71 Å². The van der Waals surface area contributed by atoms with E-state index in [0.29, 0.717) is 5.41 Å². The van der Waals surface area contributed by atoms with Crippen molar-refractivity contribution in [1.82, 2.24) is 0 Å². The Morgan fingerprint density at radius 3 is 2.05 bits per heavy atom. The van der Waals surface area contributed by atoms with Crippen LogP contribution in [0.1, 0.15) is 85.5 Å². The van der Waals surface area contributed by atoms with Gasteiger partial charge in [-0.05, 0) is 41.9 Å². The van der Waals surface area contributed by atoms with E-state index in [9.17, 15) is 0 Å². The van der Waals surface area contributed by atoms with Gasteiger partial charge < -0.3 is 0 Å². The zero-order valence-corrected chi connectivity index (χ0v) is 15.5. The first-order chi connectivity index (χ1) is 10.5. The maximum Gasteiger partial charge on any atom is 0.149 e. The first kappa shape index (κ1) is 15.6. The van der Waals surface area contributed by atoms with Gasteiger partial charge in [0.05, 0.1) is 0 Å². The molecule has 4 atom stereocenters. The smallest absolute Gasteiger partial charge is 0.0628 e. The van der Waals surface area contributed by atoms with E-state index in [1.54, 1.807) is 51.4 Å². The third-order valence-electron chi connectivity index (χ3n) is 8.80. The van der Waals surface area contributed by atoms with Gasteiger partial charge in [0, 0.05) is 0 Å². The van der Waals surface area contributed by atoms with Gasteiger partial charge >= 0.3 is 0 Å². The van der Waals surface area contributed by atoms with Crippen LogP contribution in [0.3, 0.4) is 0 Å². The van der Waals surface area contributed by atoms with Crippen molar-refractivity contribution in [3.05, 3.63) is 0 Å². The third kappa shape index (κ3) is 2.32. The average Bonchev–Trinajstić information content (AvgIpc) is 2.45. The molecule has 2 heterocycles. The van der Waals surface area contributed by atoms with E-state index in [2.05, 4.69) is 27.7 Å². The van der Waals surface area contributed by atoms with Crippen LogP contribution in [0.5, 0.6) is 0 Å². The topological polar surface area (TPSA) is 0 Å². The van der Waals surface area contributed by atoms with E-state index in [0.717, 1.165) is 47.8 Å². The van der Waals surface area contributed by atoms with Crippen molar-refractivity contribution in [3.63, 3.8) is 0 Å². The Morgan fingerprint density at radius 2 is 1.55 bits per heavy atom. The van der Waals surface area contributed by atoms with Crippen molar-refractivity contribution >= 4 is 6.71 Å². The Kier molecular flexibility index (Phi) is 3.94. The molecule has 22 heavy (non-hydrogen) atoms. The minimum Gasteiger partial charge on any atom is -0.0628 e. The molecule has 0 radical (unpaired) electrons. The van der Waals surface area contributed by atoms with Crippen LogP contribution in [-0.2, 0) is 0 Å². The highest BCUT2D eigenvalue weighted by molar-refractivity contribution is 6.64. The predicted octanol–water partition coefficient (Wildman–Crippen LogP) is 6.69. The monoisotopic (exact) mass is 300 g/mol. The van der Waals surface area contributed by atoms with E-state index >= 15 is 0 Å². The Hall–Kier alpha value is 0.0649. The van der Waals surface area contributed by atoms with Crippen LogP contribution in [-0.4, -0.2) is 6.71 Å². The van der Waals surface area contributed by atoms with E-state index in [-0.39, 0.29) is 0 Å². The molecule has 2 saturated heterocycles. The summed E-state index contributed by atoms with van der Waals surface area (Å²) in [6, 6.07) is 0. The lowest BCUT2D eigenvalue weighted by atomic mass is 9.17. The van der Waals surface area contributed by atoms with Crippen LogP contribution in [0, 0.1) is 29.1 Å². The summed E-state index contributed by atoms with van der Waals surface area (Å²) in [4.78, 5) is 0. The first-order valence-corrected chi connectivity index (χ1v) is 10.5. The maximum atomic E-state index is 2.59. The Labute approximate surface area is 139 Å². The molecular weight excluding hydrogens is 263 g/mol. The zero-order valence-electron chi connectivity index (χ0n) is 15.5. The second-order valence-corrected chi connectivity index (χ2v) is 10.5. The maximum absolute atomic E-state index is 2.59. The summed E-state index contributed by atoms with van der Waals surface area (Å²) in [6.07, 6.45) is 14.1. The summed E-state index contributed by atoms with van der Waals surface area (Å²) in [6.45, 7) is 11.3. The molecule has 5 aliphatic rings. The molecule has 4 bridgehead atoms. The number of hydrogen-bond acceptors (Lipinski definition) is 0. The van der Waals surface area contributed by atoms with E-state index < -0.39 is 0 Å². The molecule has 124 valence electrons. The van der Waals surface area contributed by atoms with Crippen molar-refractivity contribution in [1.29, 1.82) is 0 Å². The molecule has 0 aromatic heterocycles. The minimum absolute atomic E-state index is 0.667. The molecule has 2 aliphatic heterocycles. The van der Waals surface area contributed by atoms with Crippen LogP contribution in [0.25, 0.3) is 0 Å². The average molecular weight is 300 g/mol. The highest BCUT2D eigenvalue weighted by Crippen LogP contribution is 2.68. The van der Waals surface area contributed by atoms with Gasteiger partial charge in [-0.2, -0.15) is 0 Å². The summed E-state index contributed by atoms with van der Waals surface area (Å²) in [5, 5.41) is 0. The molecule has 0 amide bonds. The fourth-order valence-electron chi connectivity index (χ4n) is 7.74. The summed E-state index contributed by atoms with van der Waals surface area (Å²) in [5.74, 6) is 7.42. The van der Waals surface area contributed by atoms with E-state index in [1.165, 1.54) is 6.42 Å². The molecule has 0 spiro atoms. The van der Waals surface area contributed by atoms with Gasteiger partial charge in [0.25, 0.3) is 0 Å². The molecule has 5 rings (SSSR count). The molecule has 5 fully saturated rings. The lowest BCUT2D eigenvalue weighted by Gasteiger charge is -2.65. The summed E-state index contributed by atoms with van der Waals surface area (Å²) in [5.41, 5.74) is 0.667. The van der Waals surface area contributed by atoms with Gasteiger partial charge in [-0.25, -0.2) is 0 Å². The third-order valence-corrected chi connectivity index (χ3v) is 8.80. The lowest BCUT2D eigenvalue weighted by Crippen LogP contribution is -2.58. The molecule has 0 aromatic rings. The molecule has 0 N–H and O–H groups in total. The van der Waals surface area contributed by atoms with Gasteiger partial charge in [-0.3, -0.25) is 0 Å². The van der Waals surface area contributed by atoms with Crippen LogP contribution in [0.15, 0.2) is 0 Å². The highest BCUT2D eigenvalue weighted by atomic mass is 14.6. The molecule has 1 unspecified atom stereocenters. The Balaban J connectivity index is 1.59. The SMILES string of the molecule is CC(C)CC1[C@H]2C[C@@H](C[C@H]1B1C3CCCC1CCC3)C2(C)C. The van der Waals surface area contributed by atoms with E-state index in [4.69, 9.17) is 0 Å².